The van der Waals surface area contributed by atoms with Gasteiger partial charge >= 0.3 is 0 Å². The zero-order chi connectivity index (χ0) is 25.8. The van der Waals surface area contributed by atoms with Crippen LogP contribution < -0.4 is 15.6 Å². The number of aromatic nitrogens is 2. The molecular weight excluding hydrogens is 468 g/mol. The van der Waals surface area contributed by atoms with Crippen molar-refractivity contribution in [3.63, 3.8) is 0 Å². The molecule has 1 N–H and O–H groups in total. The van der Waals surface area contributed by atoms with Gasteiger partial charge in [0.05, 0.1) is 17.7 Å². The molecule has 0 saturated heterocycles. The maximum atomic E-state index is 13.1. The van der Waals surface area contributed by atoms with E-state index in [0.29, 0.717) is 41.3 Å². The van der Waals surface area contributed by atoms with Crippen molar-refractivity contribution in [1.82, 2.24) is 14.1 Å². The van der Waals surface area contributed by atoms with E-state index in [-0.39, 0.29) is 4.90 Å². The van der Waals surface area contributed by atoms with Crippen LogP contribution in [0.25, 0.3) is 11.3 Å². The second-order valence-corrected chi connectivity index (χ2v) is 9.87. The van der Waals surface area contributed by atoms with E-state index in [2.05, 4.69) is 10.4 Å². The first-order valence-electron chi connectivity index (χ1n) is 11.3. The van der Waals surface area contributed by atoms with Crippen molar-refractivity contribution in [3.8, 4) is 17.0 Å². The molecule has 10 heteroatoms. The number of benzene rings is 2. The molecule has 1 heterocycles. The number of ether oxygens (including phenoxy) is 1. The number of nitrogens with zero attached hydrogens (tertiary/aromatic N) is 3. The molecule has 0 radical (unpaired) electrons. The molecule has 0 aliphatic rings. The zero-order valence-electron chi connectivity index (χ0n) is 20.5. The molecule has 9 nitrogen and oxygen atoms in total. The number of hydrogen-bond donors (Lipinski definition) is 1. The largest absolute Gasteiger partial charge is 0.497 e. The first-order chi connectivity index (χ1) is 16.6. The van der Waals surface area contributed by atoms with Gasteiger partial charge in [-0.15, -0.1) is 0 Å². The van der Waals surface area contributed by atoms with Gasteiger partial charge in [-0.3, -0.25) is 9.59 Å². The lowest BCUT2D eigenvalue weighted by molar-refractivity contribution is -0.119. The fraction of sp³-hybridized carbons (Fsp3) is 0.320. The smallest absolute Gasteiger partial charge is 0.267 e. The molecule has 0 saturated carbocycles. The second-order valence-electron chi connectivity index (χ2n) is 7.97. The molecule has 1 atom stereocenters. The molecule has 1 amide bonds. The maximum absolute atomic E-state index is 13.1. The van der Waals surface area contributed by atoms with Crippen LogP contribution in [0, 0.1) is 6.92 Å². The van der Waals surface area contributed by atoms with Crippen molar-refractivity contribution in [2.45, 2.75) is 38.6 Å². The van der Waals surface area contributed by atoms with E-state index in [1.54, 1.807) is 70.2 Å². The normalized spacial score (nSPS) is 12.4. The van der Waals surface area contributed by atoms with Crippen LogP contribution in [0.2, 0.25) is 0 Å². The van der Waals surface area contributed by atoms with Crippen LogP contribution in [-0.4, -0.2) is 48.6 Å². The fourth-order valence-electron chi connectivity index (χ4n) is 3.66. The van der Waals surface area contributed by atoms with Crippen LogP contribution in [-0.2, 0) is 14.8 Å². The van der Waals surface area contributed by atoms with Crippen molar-refractivity contribution in [2.75, 3.05) is 25.5 Å². The molecule has 35 heavy (non-hydrogen) atoms. The van der Waals surface area contributed by atoms with Crippen molar-refractivity contribution < 1.29 is 17.9 Å². The maximum Gasteiger partial charge on any atom is 0.267 e. The third-order valence-corrected chi connectivity index (χ3v) is 7.91. The van der Waals surface area contributed by atoms with E-state index in [1.165, 1.54) is 23.5 Å². The number of rotatable bonds is 9. The summed E-state index contributed by atoms with van der Waals surface area (Å²) in [7, 11) is -2.16. The summed E-state index contributed by atoms with van der Waals surface area (Å²) in [6, 6.07) is 13.8. The molecule has 0 bridgehead atoms. The molecule has 1 aromatic heterocycles. The summed E-state index contributed by atoms with van der Waals surface area (Å²) in [5, 5.41) is 7.15. The highest BCUT2D eigenvalue weighted by Crippen LogP contribution is 2.26. The third-order valence-electron chi connectivity index (χ3n) is 5.72. The number of amides is 1. The average molecular weight is 499 g/mol. The Balaban J connectivity index is 1.96. The van der Waals surface area contributed by atoms with Gasteiger partial charge in [-0.25, -0.2) is 13.1 Å². The first kappa shape index (κ1) is 26.1. The van der Waals surface area contributed by atoms with E-state index in [4.69, 9.17) is 4.74 Å². The van der Waals surface area contributed by atoms with Crippen LogP contribution in [0.4, 0.5) is 5.69 Å². The lowest BCUT2D eigenvalue weighted by atomic mass is 10.1. The monoisotopic (exact) mass is 498 g/mol. The topological polar surface area (TPSA) is 111 Å². The molecule has 186 valence electrons. The number of nitrogens with one attached hydrogen (secondary N) is 1. The molecule has 3 rings (SSSR count). The Labute approximate surface area is 205 Å². The van der Waals surface area contributed by atoms with E-state index >= 15 is 0 Å². The molecule has 0 spiro atoms. The molecule has 2 aromatic carbocycles. The summed E-state index contributed by atoms with van der Waals surface area (Å²) in [4.78, 5) is 25.6. The van der Waals surface area contributed by atoms with Gasteiger partial charge in [-0.2, -0.15) is 9.40 Å². The van der Waals surface area contributed by atoms with E-state index < -0.39 is 27.5 Å². The Kier molecular flexibility index (Phi) is 8.08. The lowest BCUT2D eigenvalue weighted by Crippen LogP contribution is -2.33. The van der Waals surface area contributed by atoms with Crippen LogP contribution in [0.3, 0.4) is 0 Å². The van der Waals surface area contributed by atoms with Gasteiger partial charge in [0.15, 0.2) is 0 Å². The summed E-state index contributed by atoms with van der Waals surface area (Å²) in [6.45, 7) is 7.58. The van der Waals surface area contributed by atoms with Gasteiger partial charge in [0.25, 0.3) is 5.56 Å². The van der Waals surface area contributed by atoms with Gasteiger partial charge in [-0.05, 0) is 43.7 Å². The van der Waals surface area contributed by atoms with Crippen LogP contribution >= 0.6 is 0 Å². The Morgan fingerprint density at radius 3 is 2.49 bits per heavy atom. The molecular formula is C25H30N4O5S. The number of methoxy groups -OCH3 is 1. The quantitative estimate of drug-likeness (QED) is 0.484. The fourth-order valence-corrected chi connectivity index (χ4v) is 5.36. The minimum atomic E-state index is -3.69. The number of aryl methyl sites for hydroxylation is 1. The van der Waals surface area contributed by atoms with Crippen molar-refractivity contribution in [1.29, 1.82) is 0 Å². The zero-order valence-corrected chi connectivity index (χ0v) is 21.3. The number of sulfonamides is 1. The van der Waals surface area contributed by atoms with E-state index in [1.807, 2.05) is 0 Å². The molecule has 0 unspecified atom stereocenters. The lowest BCUT2D eigenvalue weighted by Gasteiger charge is -2.20. The van der Waals surface area contributed by atoms with Gasteiger partial charge in [0.2, 0.25) is 15.9 Å². The highest BCUT2D eigenvalue weighted by atomic mass is 32.2. The standard InChI is InChI=1S/C25H30N4O5S/c1-6-28(7-2)35(32,33)23-15-19(12-11-17(23)3)22-13-14-24(30)29(27-22)18(4)25(31)26-20-9-8-10-21(16-20)34-5/h8-16,18H,6-7H2,1-5H3,(H,26,31)/t18-/m1/s1. The summed E-state index contributed by atoms with van der Waals surface area (Å²) >= 11 is 0. The molecule has 0 fully saturated rings. The van der Waals surface area contributed by atoms with Crippen LogP contribution in [0.15, 0.2) is 64.3 Å². The summed E-state index contributed by atoms with van der Waals surface area (Å²) in [6.07, 6.45) is 0. The molecule has 0 aliphatic heterocycles. The summed E-state index contributed by atoms with van der Waals surface area (Å²) in [5.74, 6) is 0.154. The predicted octanol–water partition coefficient (Wildman–Crippen LogP) is 3.46. The summed E-state index contributed by atoms with van der Waals surface area (Å²) in [5.41, 5.74) is 1.58. The van der Waals surface area contributed by atoms with E-state index in [0.717, 1.165) is 4.68 Å². The number of carbonyl (C=O) groups excluding carboxylic acids is 1. The third kappa shape index (κ3) is 5.60. The van der Waals surface area contributed by atoms with Gasteiger partial charge in [0, 0.05) is 36.5 Å². The SMILES string of the molecule is CCN(CC)S(=O)(=O)c1cc(-c2ccc(=O)n([C@H](C)C(=O)Nc3cccc(OC)c3)n2)ccc1C. The highest BCUT2D eigenvalue weighted by molar-refractivity contribution is 7.89. The summed E-state index contributed by atoms with van der Waals surface area (Å²) < 4.78 is 33.9. The number of carbonyl (C=O) groups is 1. The Bertz CT molecular complexity index is 1380. The van der Waals surface area contributed by atoms with Crippen LogP contribution in [0.5, 0.6) is 5.75 Å². The van der Waals surface area contributed by atoms with Gasteiger partial charge in [-0.1, -0.05) is 32.0 Å². The Morgan fingerprint density at radius 1 is 1.11 bits per heavy atom. The highest BCUT2D eigenvalue weighted by Gasteiger charge is 2.25. The second kappa shape index (κ2) is 10.8. The Hall–Kier alpha value is -3.50. The Morgan fingerprint density at radius 2 is 1.83 bits per heavy atom. The van der Waals surface area contributed by atoms with Crippen LogP contribution in [0.1, 0.15) is 32.4 Å². The van der Waals surface area contributed by atoms with Gasteiger partial charge in [0.1, 0.15) is 11.8 Å². The van der Waals surface area contributed by atoms with Crippen molar-refractivity contribution in [3.05, 3.63) is 70.5 Å². The number of anilines is 1. The molecule has 0 aliphatic carbocycles. The average Bonchev–Trinajstić information content (AvgIpc) is 2.84. The predicted molar refractivity (Wildman–Crippen MR) is 135 cm³/mol. The van der Waals surface area contributed by atoms with E-state index in [9.17, 15) is 18.0 Å². The molecule has 3 aromatic rings. The minimum Gasteiger partial charge on any atom is -0.497 e. The van der Waals surface area contributed by atoms with Gasteiger partial charge < -0.3 is 10.1 Å². The van der Waals surface area contributed by atoms with Crippen molar-refractivity contribution >= 4 is 21.6 Å². The van der Waals surface area contributed by atoms with Crippen molar-refractivity contribution in [2.24, 2.45) is 0 Å². The number of hydrogen-bond acceptors (Lipinski definition) is 6. The first-order valence-corrected chi connectivity index (χ1v) is 12.7. The minimum absolute atomic E-state index is 0.182.